The summed E-state index contributed by atoms with van der Waals surface area (Å²) in [6, 6.07) is 13.3. The molecule has 1 saturated heterocycles. The molecule has 1 fully saturated rings. The monoisotopic (exact) mass is 461 g/mol. The molecule has 1 N–H and O–H groups in total. The van der Waals surface area contributed by atoms with Crippen molar-refractivity contribution in [1.29, 1.82) is 0 Å². The van der Waals surface area contributed by atoms with Gasteiger partial charge in [-0.2, -0.15) is 4.37 Å². The van der Waals surface area contributed by atoms with Gasteiger partial charge in [0.1, 0.15) is 5.82 Å². The van der Waals surface area contributed by atoms with Gasteiger partial charge < -0.3 is 15.1 Å². The van der Waals surface area contributed by atoms with E-state index in [2.05, 4.69) is 45.8 Å². The Morgan fingerprint density at radius 2 is 1.80 bits per heavy atom. The van der Waals surface area contributed by atoms with E-state index in [1.165, 1.54) is 22.7 Å². The second-order valence-electron chi connectivity index (χ2n) is 7.19. The first-order valence-electron chi connectivity index (χ1n) is 9.62. The van der Waals surface area contributed by atoms with E-state index in [9.17, 15) is 4.79 Å². The fourth-order valence-electron chi connectivity index (χ4n) is 3.21. The third-order valence-corrected chi connectivity index (χ3v) is 6.50. The Bertz CT molecular complexity index is 1030. The zero-order valence-corrected chi connectivity index (χ0v) is 18.8. The van der Waals surface area contributed by atoms with Gasteiger partial charge in [-0.05, 0) is 30.7 Å². The van der Waals surface area contributed by atoms with Gasteiger partial charge in [0.2, 0.25) is 5.13 Å². The number of urea groups is 1. The van der Waals surface area contributed by atoms with Crippen LogP contribution in [0.15, 0.2) is 42.5 Å². The molecule has 0 bridgehead atoms. The Balaban J connectivity index is 1.31. The van der Waals surface area contributed by atoms with E-state index in [1.807, 2.05) is 0 Å². The number of hydrogen-bond acceptors (Lipinski definition) is 5. The number of benzene rings is 2. The Hall–Kier alpha value is -2.35. The van der Waals surface area contributed by atoms with Crippen LogP contribution in [-0.4, -0.2) is 46.5 Å². The molecule has 2 amide bonds. The largest absolute Gasteiger partial charge is 0.343 e. The Kier molecular flexibility index (Phi) is 6.41. The number of nitrogens with zero attached hydrogens (tertiary/aromatic N) is 4. The van der Waals surface area contributed by atoms with Crippen molar-refractivity contribution in [3.8, 4) is 0 Å². The maximum absolute atomic E-state index is 12.5. The summed E-state index contributed by atoms with van der Waals surface area (Å²) in [4.78, 5) is 21.2. The van der Waals surface area contributed by atoms with Gasteiger partial charge in [0.25, 0.3) is 0 Å². The maximum Gasteiger partial charge on any atom is 0.321 e. The SMILES string of the molecule is Cc1ccc(Cc2nsc(N3CCN(C(=O)Nc4ccc(Cl)c(Cl)c4)CC3)n2)cc1. The van der Waals surface area contributed by atoms with Gasteiger partial charge in [-0.15, -0.1) is 0 Å². The molecule has 9 heteroatoms. The molecule has 0 unspecified atom stereocenters. The predicted molar refractivity (Wildman–Crippen MR) is 123 cm³/mol. The lowest BCUT2D eigenvalue weighted by Crippen LogP contribution is -2.50. The predicted octanol–water partition coefficient (Wildman–Crippen LogP) is 5.10. The Labute approximate surface area is 189 Å². The van der Waals surface area contributed by atoms with Crippen molar-refractivity contribution < 1.29 is 4.79 Å². The lowest BCUT2D eigenvalue weighted by Gasteiger charge is -2.34. The van der Waals surface area contributed by atoms with Crippen LogP contribution in [-0.2, 0) is 6.42 Å². The van der Waals surface area contributed by atoms with Crippen LogP contribution in [0.1, 0.15) is 17.0 Å². The van der Waals surface area contributed by atoms with Crippen LogP contribution in [0, 0.1) is 6.92 Å². The van der Waals surface area contributed by atoms with E-state index in [1.54, 1.807) is 23.1 Å². The van der Waals surface area contributed by atoms with Crippen LogP contribution >= 0.6 is 34.7 Å². The summed E-state index contributed by atoms with van der Waals surface area (Å²) < 4.78 is 4.51. The number of halogens is 2. The highest BCUT2D eigenvalue weighted by Crippen LogP contribution is 2.25. The number of nitrogens with one attached hydrogen (secondary N) is 1. The molecule has 3 aromatic rings. The van der Waals surface area contributed by atoms with Crippen LogP contribution in [0.25, 0.3) is 0 Å². The third-order valence-electron chi connectivity index (χ3n) is 4.95. The van der Waals surface area contributed by atoms with E-state index >= 15 is 0 Å². The lowest BCUT2D eigenvalue weighted by molar-refractivity contribution is 0.208. The zero-order chi connectivity index (χ0) is 21.1. The molecule has 0 saturated carbocycles. The van der Waals surface area contributed by atoms with Gasteiger partial charge in [0.15, 0.2) is 0 Å². The van der Waals surface area contributed by atoms with Gasteiger partial charge in [-0.3, -0.25) is 0 Å². The normalized spacial score (nSPS) is 14.1. The van der Waals surface area contributed by atoms with Gasteiger partial charge in [0.05, 0.1) is 10.0 Å². The zero-order valence-electron chi connectivity index (χ0n) is 16.4. The topological polar surface area (TPSA) is 61.4 Å². The first-order chi connectivity index (χ1) is 14.5. The second kappa shape index (κ2) is 9.20. The summed E-state index contributed by atoms with van der Waals surface area (Å²) in [6.07, 6.45) is 0.725. The number of rotatable bonds is 4. The minimum Gasteiger partial charge on any atom is -0.343 e. The highest BCUT2D eigenvalue weighted by molar-refractivity contribution is 7.09. The number of hydrogen-bond donors (Lipinski definition) is 1. The number of carbonyl (C=O) groups is 1. The lowest BCUT2D eigenvalue weighted by atomic mass is 10.1. The summed E-state index contributed by atoms with van der Waals surface area (Å²) in [5.74, 6) is 0.832. The van der Waals surface area contributed by atoms with E-state index in [0.29, 0.717) is 41.9 Å². The highest BCUT2D eigenvalue weighted by Gasteiger charge is 2.23. The van der Waals surface area contributed by atoms with Gasteiger partial charge >= 0.3 is 6.03 Å². The standard InChI is InChI=1S/C21H21Cl2N5OS/c1-14-2-4-15(5-3-14)12-19-25-21(30-26-19)28-10-8-27(9-11-28)20(29)24-16-6-7-17(22)18(23)13-16/h2-7,13H,8-12H2,1H3,(H,24,29). The van der Waals surface area contributed by atoms with E-state index in [4.69, 9.17) is 28.2 Å². The fraction of sp³-hybridized carbons (Fsp3) is 0.286. The second-order valence-corrected chi connectivity index (χ2v) is 8.73. The quantitative estimate of drug-likeness (QED) is 0.586. The molecule has 2 heterocycles. The van der Waals surface area contributed by atoms with Gasteiger partial charge in [-0.25, -0.2) is 9.78 Å². The summed E-state index contributed by atoms with van der Waals surface area (Å²) in [7, 11) is 0. The number of aromatic nitrogens is 2. The molecule has 1 aliphatic rings. The summed E-state index contributed by atoms with van der Waals surface area (Å²) in [6.45, 7) is 4.73. The Morgan fingerprint density at radius 3 is 2.50 bits per heavy atom. The number of anilines is 2. The van der Waals surface area contributed by atoms with E-state index < -0.39 is 0 Å². The molecule has 1 aliphatic heterocycles. The van der Waals surface area contributed by atoms with Crippen LogP contribution in [0.3, 0.4) is 0 Å². The average molecular weight is 462 g/mol. The van der Waals surface area contributed by atoms with Crippen LogP contribution in [0.5, 0.6) is 0 Å². The molecule has 1 aromatic heterocycles. The summed E-state index contributed by atoms with van der Waals surface area (Å²) in [5, 5.41) is 4.65. The van der Waals surface area contributed by atoms with Crippen LogP contribution in [0.2, 0.25) is 10.0 Å². The first kappa shape index (κ1) is 20.9. The maximum atomic E-state index is 12.5. The van der Waals surface area contributed by atoms with Crippen molar-refractivity contribution in [3.05, 3.63) is 69.5 Å². The van der Waals surface area contributed by atoms with Crippen molar-refractivity contribution in [1.82, 2.24) is 14.3 Å². The van der Waals surface area contributed by atoms with Crippen LogP contribution in [0.4, 0.5) is 15.6 Å². The Morgan fingerprint density at radius 1 is 1.07 bits per heavy atom. The molecule has 6 nitrogen and oxygen atoms in total. The molecule has 0 aliphatic carbocycles. The van der Waals surface area contributed by atoms with Crippen molar-refractivity contribution in [2.45, 2.75) is 13.3 Å². The van der Waals surface area contributed by atoms with Gasteiger partial charge in [-0.1, -0.05) is 53.0 Å². The molecule has 0 spiro atoms. The van der Waals surface area contributed by atoms with Crippen LogP contribution < -0.4 is 10.2 Å². The van der Waals surface area contributed by atoms with Crippen molar-refractivity contribution in [2.24, 2.45) is 0 Å². The van der Waals surface area contributed by atoms with E-state index in [-0.39, 0.29) is 6.03 Å². The number of piperazine rings is 1. The van der Waals surface area contributed by atoms with Crippen molar-refractivity contribution >= 4 is 51.6 Å². The summed E-state index contributed by atoms with van der Waals surface area (Å²) >= 11 is 13.3. The molecule has 30 heavy (non-hydrogen) atoms. The highest BCUT2D eigenvalue weighted by atomic mass is 35.5. The fourth-order valence-corrected chi connectivity index (χ4v) is 4.25. The molecule has 156 valence electrons. The molecule has 0 radical (unpaired) electrons. The van der Waals surface area contributed by atoms with Crippen molar-refractivity contribution in [2.75, 3.05) is 36.4 Å². The number of carbonyl (C=O) groups excluding carboxylic acids is 1. The average Bonchev–Trinajstić information content (AvgIpc) is 3.21. The molecular weight excluding hydrogens is 441 g/mol. The van der Waals surface area contributed by atoms with Crippen molar-refractivity contribution in [3.63, 3.8) is 0 Å². The van der Waals surface area contributed by atoms with E-state index in [0.717, 1.165) is 17.4 Å². The smallest absolute Gasteiger partial charge is 0.321 e. The molecule has 0 atom stereocenters. The minimum atomic E-state index is -0.148. The summed E-state index contributed by atoms with van der Waals surface area (Å²) in [5.41, 5.74) is 3.07. The minimum absolute atomic E-state index is 0.148. The molecule has 4 rings (SSSR count). The third kappa shape index (κ3) is 5.03. The number of amides is 2. The van der Waals surface area contributed by atoms with Gasteiger partial charge in [0, 0.05) is 49.8 Å². The first-order valence-corrected chi connectivity index (χ1v) is 11.1. The number of aryl methyl sites for hydroxylation is 1. The molecule has 2 aromatic carbocycles. The molecular formula is C21H21Cl2N5OS.